The van der Waals surface area contributed by atoms with Crippen LogP contribution in [0.1, 0.15) is 69.8 Å². The van der Waals surface area contributed by atoms with E-state index in [0.717, 1.165) is 5.92 Å². The molecule has 1 aromatic rings. The first-order chi connectivity index (χ1) is 12.0. The van der Waals surface area contributed by atoms with Gasteiger partial charge in [0.25, 0.3) is 0 Å². The molecular formula is C21H29F3O. The Morgan fingerprint density at radius 1 is 1.08 bits per heavy atom. The van der Waals surface area contributed by atoms with E-state index in [1.807, 2.05) is 12.1 Å². The lowest BCUT2D eigenvalue weighted by molar-refractivity contribution is -0.136. The van der Waals surface area contributed by atoms with Gasteiger partial charge in [-0.1, -0.05) is 24.3 Å². The van der Waals surface area contributed by atoms with E-state index in [0.29, 0.717) is 11.7 Å². The van der Waals surface area contributed by atoms with Crippen molar-refractivity contribution in [2.24, 2.45) is 5.92 Å². The van der Waals surface area contributed by atoms with Crippen molar-refractivity contribution in [3.05, 3.63) is 42.0 Å². The molecule has 1 fully saturated rings. The third-order valence-electron chi connectivity index (χ3n) is 5.05. The molecule has 0 spiro atoms. The summed E-state index contributed by atoms with van der Waals surface area (Å²) >= 11 is 0. The molecule has 1 aliphatic rings. The fourth-order valence-electron chi connectivity index (χ4n) is 3.58. The van der Waals surface area contributed by atoms with E-state index in [1.165, 1.54) is 44.1 Å². The van der Waals surface area contributed by atoms with Gasteiger partial charge in [0.05, 0.1) is 6.61 Å². The van der Waals surface area contributed by atoms with Crippen molar-refractivity contribution in [2.45, 2.75) is 70.4 Å². The number of rotatable bonds is 8. The zero-order chi connectivity index (χ0) is 18.1. The van der Waals surface area contributed by atoms with Gasteiger partial charge < -0.3 is 4.74 Å². The molecule has 0 unspecified atom stereocenters. The van der Waals surface area contributed by atoms with Gasteiger partial charge in [-0.2, -0.15) is 13.2 Å². The van der Waals surface area contributed by atoms with Crippen LogP contribution in [-0.2, 0) is 0 Å². The average Bonchev–Trinajstić information content (AvgIpc) is 2.59. The van der Waals surface area contributed by atoms with Crippen molar-refractivity contribution in [3.8, 4) is 5.75 Å². The summed E-state index contributed by atoms with van der Waals surface area (Å²) in [5.41, 5.74) is 1.33. The molecule has 0 aromatic heterocycles. The smallest absolute Gasteiger partial charge is 0.389 e. The normalized spacial score (nSPS) is 21.6. The first-order valence-corrected chi connectivity index (χ1v) is 9.38. The lowest BCUT2D eigenvalue weighted by Gasteiger charge is -2.28. The molecule has 140 valence electrons. The molecule has 0 N–H and O–H groups in total. The largest absolute Gasteiger partial charge is 0.494 e. The van der Waals surface area contributed by atoms with Crippen LogP contribution in [0.2, 0.25) is 0 Å². The van der Waals surface area contributed by atoms with Crippen LogP contribution in [0, 0.1) is 5.92 Å². The number of benzene rings is 1. The topological polar surface area (TPSA) is 9.23 Å². The highest BCUT2D eigenvalue weighted by Gasteiger charge is 2.26. The molecule has 0 saturated heterocycles. The van der Waals surface area contributed by atoms with Crippen LogP contribution in [0.15, 0.2) is 36.4 Å². The molecule has 25 heavy (non-hydrogen) atoms. The fraction of sp³-hybridized carbons (Fsp3) is 0.619. The van der Waals surface area contributed by atoms with Crippen LogP contribution in [0.25, 0.3) is 0 Å². The molecule has 1 saturated carbocycles. The zero-order valence-electron chi connectivity index (χ0n) is 15.0. The van der Waals surface area contributed by atoms with E-state index in [9.17, 15) is 13.2 Å². The Morgan fingerprint density at radius 3 is 2.36 bits per heavy atom. The Kier molecular flexibility index (Phi) is 7.86. The van der Waals surface area contributed by atoms with Crippen LogP contribution in [0.5, 0.6) is 5.75 Å². The van der Waals surface area contributed by atoms with Gasteiger partial charge in [0.1, 0.15) is 5.75 Å². The summed E-state index contributed by atoms with van der Waals surface area (Å²) in [7, 11) is 0. The summed E-state index contributed by atoms with van der Waals surface area (Å²) in [6, 6.07) is 7.93. The van der Waals surface area contributed by atoms with E-state index in [4.69, 9.17) is 4.74 Å². The maximum Gasteiger partial charge on any atom is 0.389 e. The number of ether oxygens (including phenoxy) is 1. The molecule has 0 aliphatic heterocycles. The molecular weight excluding hydrogens is 325 g/mol. The van der Waals surface area contributed by atoms with Crippen molar-refractivity contribution >= 4 is 0 Å². The number of hydrogen-bond donors (Lipinski definition) is 0. The van der Waals surface area contributed by atoms with E-state index in [-0.39, 0.29) is 13.0 Å². The second-order valence-corrected chi connectivity index (χ2v) is 7.00. The van der Waals surface area contributed by atoms with Gasteiger partial charge >= 0.3 is 6.18 Å². The number of alkyl halides is 3. The third-order valence-corrected chi connectivity index (χ3v) is 5.05. The van der Waals surface area contributed by atoms with Gasteiger partial charge in [-0.05, 0) is 81.4 Å². The molecule has 0 amide bonds. The van der Waals surface area contributed by atoms with Gasteiger partial charge in [-0.25, -0.2) is 0 Å². The first kappa shape index (κ1) is 19.9. The van der Waals surface area contributed by atoms with Crippen molar-refractivity contribution in [1.82, 2.24) is 0 Å². The standard InChI is InChI=1S/C21H29F3O/c1-2-3-4-6-17-7-9-18(10-8-17)19-11-13-20(14-12-19)25-16-5-15-21(22,23)24/h2-3,11-14,17-18H,4-10,15-16H2,1H3. The summed E-state index contributed by atoms with van der Waals surface area (Å²) in [5.74, 6) is 2.12. The lowest BCUT2D eigenvalue weighted by Crippen LogP contribution is -2.13. The van der Waals surface area contributed by atoms with E-state index in [2.05, 4.69) is 31.2 Å². The zero-order valence-corrected chi connectivity index (χ0v) is 15.0. The van der Waals surface area contributed by atoms with Crippen LogP contribution >= 0.6 is 0 Å². The quantitative estimate of drug-likeness (QED) is 0.359. The van der Waals surface area contributed by atoms with Crippen molar-refractivity contribution in [1.29, 1.82) is 0 Å². The van der Waals surface area contributed by atoms with Gasteiger partial charge in [-0.15, -0.1) is 0 Å². The molecule has 0 radical (unpaired) electrons. The Morgan fingerprint density at radius 2 is 1.76 bits per heavy atom. The highest BCUT2D eigenvalue weighted by atomic mass is 19.4. The molecule has 2 rings (SSSR count). The number of allylic oxidation sites excluding steroid dienone is 2. The average molecular weight is 354 g/mol. The van der Waals surface area contributed by atoms with Gasteiger partial charge in [0.2, 0.25) is 0 Å². The van der Waals surface area contributed by atoms with Crippen LogP contribution in [0.4, 0.5) is 13.2 Å². The van der Waals surface area contributed by atoms with Crippen LogP contribution < -0.4 is 4.74 Å². The number of halogens is 3. The third kappa shape index (κ3) is 7.54. The Bertz CT molecular complexity index is 511. The van der Waals surface area contributed by atoms with Crippen molar-refractivity contribution in [2.75, 3.05) is 6.61 Å². The maximum absolute atomic E-state index is 12.1. The lowest BCUT2D eigenvalue weighted by atomic mass is 9.77. The minimum Gasteiger partial charge on any atom is -0.494 e. The van der Waals surface area contributed by atoms with E-state index >= 15 is 0 Å². The first-order valence-electron chi connectivity index (χ1n) is 9.38. The molecule has 0 bridgehead atoms. The van der Waals surface area contributed by atoms with E-state index < -0.39 is 12.6 Å². The minimum atomic E-state index is -4.10. The monoisotopic (exact) mass is 354 g/mol. The molecule has 1 aliphatic carbocycles. The van der Waals surface area contributed by atoms with Crippen LogP contribution in [0.3, 0.4) is 0 Å². The van der Waals surface area contributed by atoms with E-state index in [1.54, 1.807) is 0 Å². The summed E-state index contributed by atoms with van der Waals surface area (Å²) in [4.78, 5) is 0. The summed E-state index contributed by atoms with van der Waals surface area (Å²) in [6.07, 6.45) is 7.00. The molecule has 4 heteroatoms. The summed E-state index contributed by atoms with van der Waals surface area (Å²) < 4.78 is 41.7. The predicted octanol–water partition coefficient (Wildman–Crippen LogP) is 7.04. The SMILES string of the molecule is CC=CCCC1CCC(c2ccc(OCCCC(F)(F)F)cc2)CC1. The fourth-order valence-corrected chi connectivity index (χ4v) is 3.58. The van der Waals surface area contributed by atoms with Crippen LogP contribution in [-0.4, -0.2) is 12.8 Å². The highest BCUT2D eigenvalue weighted by Crippen LogP contribution is 2.38. The molecule has 1 nitrogen and oxygen atoms in total. The second kappa shape index (κ2) is 9.88. The van der Waals surface area contributed by atoms with Crippen molar-refractivity contribution in [3.63, 3.8) is 0 Å². The van der Waals surface area contributed by atoms with Gasteiger partial charge in [-0.3, -0.25) is 0 Å². The Hall–Kier alpha value is -1.45. The van der Waals surface area contributed by atoms with Gasteiger partial charge in [0, 0.05) is 6.42 Å². The summed E-state index contributed by atoms with van der Waals surface area (Å²) in [6.45, 7) is 2.18. The molecule has 1 aromatic carbocycles. The highest BCUT2D eigenvalue weighted by molar-refractivity contribution is 5.29. The molecule has 0 heterocycles. The Labute approximate surface area is 149 Å². The summed E-state index contributed by atoms with van der Waals surface area (Å²) in [5, 5.41) is 0. The number of hydrogen-bond acceptors (Lipinski definition) is 1. The Balaban J connectivity index is 1.71. The second-order valence-electron chi connectivity index (χ2n) is 7.00. The molecule has 0 atom stereocenters. The predicted molar refractivity (Wildman–Crippen MR) is 96.0 cm³/mol. The minimum absolute atomic E-state index is 0.00246. The maximum atomic E-state index is 12.1. The van der Waals surface area contributed by atoms with Crippen molar-refractivity contribution < 1.29 is 17.9 Å². The van der Waals surface area contributed by atoms with Gasteiger partial charge in [0.15, 0.2) is 0 Å².